The highest BCUT2D eigenvalue weighted by Crippen LogP contribution is 2.25. The molecule has 0 spiro atoms. The maximum Gasteiger partial charge on any atom is 0.184 e. The van der Waals surface area contributed by atoms with E-state index in [1.54, 1.807) is 11.8 Å². The fourth-order valence-corrected chi connectivity index (χ4v) is 1.21. The first-order chi connectivity index (χ1) is 5.08. The first kappa shape index (κ1) is 8.52. The molecule has 0 aliphatic heterocycles. The number of thioether (sulfide) groups is 1. The topological polar surface area (TPSA) is 54.5 Å². The van der Waals surface area contributed by atoms with Crippen molar-refractivity contribution in [3.63, 3.8) is 0 Å². The van der Waals surface area contributed by atoms with E-state index in [4.69, 9.17) is 0 Å². The minimum absolute atomic E-state index is 0.265. The number of aromatic nitrogens is 4. The van der Waals surface area contributed by atoms with Gasteiger partial charge in [-0.1, -0.05) is 26.0 Å². The molecule has 1 rings (SSSR count). The van der Waals surface area contributed by atoms with Crippen molar-refractivity contribution in [2.45, 2.75) is 31.3 Å². The smallest absolute Gasteiger partial charge is 0.177 e. The molecule has 0 amide bonds. The standard InChI is InChI=1S/C6H12N4S/c1-6(2,3)11-4-5-7-9-10-8-5/h4H2,1-3H3,(H,7,8,9,10). The molecule has 1 aromatic heterocycles. The van der Waals surface area contributed by atoms with Crippen molar-refractivity contribution in [3.05, 3.63) is 5.82 Å². The second-order valence-corrected chi connectivity index (χ2v) is 5.03. The summed E-state index contributed by atoms with van der Waals surface area (Å²) in [5, 5.41) is 13.6. The number of rotatable bonds is 2. The second kappa shape index (κ2) is 3.21. The first-order valence-electron chi connectivity index (χ1n) is 3.44. The Morgan fingerprint density at radius 1 is 1.45 bits per heavy atom. The molecule has 0 radical (unpaired) electrons. The lowest BCUT2D eigenvalue weighted by Gasteiger charge is -2.15. The Balaban J connectivity index is 2.35. The van der Waals surface area contributed by atoms with Crippen LogP contribution in [-0.2, 0) is 5.75 Å². The number of aromatic amines is 1. The molecule has 0 aromatic carbocycles. The van der Waals surface area contributed by atoms with Crippen molar-refractivity contribution in [1.29, 1.82) is 0 Å². The van der Waals surface area contributed by atoms with Gasteiger partial charge in [-0.05, 0) is 0 Å². The van der Waals surface area contributed by atoms with Crippen LogP contribution in [0.5, 0.6) is 0 Å². The number of H-pyrrole nitrogens is 1. The normalized spacial score (nSPS) is 11.9. The lowest BCUT2D eigenvalue weighted by atomic mass is 10.3. The maximum absolute atomic E-state index is 3.85. The van der Waals surface area contributed by atoms with E-state index in [0.29, 0.717) is 0 Å². The molecule has 1 heterocycles. The number of nitrogens with one attached hydrogen (secondary N) is 1. The molecule has 0 aliphatic rings. The molecular formula is C6H12N4S. The van der Waals surface area contributed by atoms with Crippen LogP contribution in [0, 0.1) is 0 Å². The summed E-state index contributed by atoms with van der Waals surface area (Å²) in [6.07, 6.45) is 0. The van der Waals surface area contributed by atoms with Gasteiger partial charge in [0.1, 0.15) is 0 Å². The van der Waals surface area contributed by atoms with Gasteiger partial charge < -0.3 is 0 Å². The molecular weight excluding hydrogens is 160 g/mol. The highest BCUT2D eigenvalue weighted by Gasteiger charge is 2.11. The summed E-state index contributed by atoms with van der Waals surface area (Å²) < 4.78 is 0.265. The monoisotopic (exact) mass is 172 g/mol. The van der Waals surface area contributed by atoms with Crippen LogP contribution >= 0.6 is 11.8 Å². The van der Waals surface area contributed by atoms with Crippen molar-refractivity contribution in [2.24, 2.45) is 0 Å². The largest absolute Gasteiger partial charge is 0.184 e. The Morgan fingerprint density at radius 2 is 2.18 bits per heavy atom. The minimum Gasteiger partial charge on any atom is -0.177 e. The molecule has 0 saturated heterocycles. The highest BCUT2D eigenvalue weighted by atomic mass is 32.2. The average molecular weight is 172 g/mol. The van der Waals surface area contributed by atoms with Crippen LogP contribution in [0.4, 0.5) is 0 Å². The van der Waals surface area contributed by atoms with Gasteiger partial charge in [0, 0.05) is 4.75 Å². The van der Waals surface area contributed by atoms with Gasteiger partial charge in [-0.15, -0.1) is 22.0 Å². The summed E-state index contributed by atoms with van der Waals surface area (Å²) in [6, 6.07) is 0. The second-order valence-electron chi connectivity index (χ2n) is 3.23. The maximum atomic E-state index is 3.85. The molecule has 0 aliphatic carbocycles. The average Bonchev–Trinajstić information content (AvgIpc) is 2.32. The van der Waals surface area contributed by atoms with Crippen LogP contribution in [0.1, 0.15) is 26.6 Å². The molecule has 5 heteroatoms. The Hall–Kier alpha value is -0.580. The van der Waals surface area contributed by atoms with Crippen LogP contribution in [0.3, 0.4) is 0 Å². The molecule has 4 nitrogen and oxygen atoms in total. The lowest BCUT2D eigenvalue weighted by molar-refractivity contribution is 0.800. The van der Waals surface area contributed by atoms with Crippen LogP contribution in [0.25, 0.3) is 0 Å². The van der Waals surface area contributed by atoms with Crippen molar-refractivity contribution >= 4 is 11.8 Å². The van der Waals surface area contributed by atoms with E-state index in [0.717, 1.165) is 11.6 Å². The molecule has 62 valence electrons. The molecule has 0 unspecified atom stereocenters. The van der Waals surface area contributed by atoms with E-state index in [1.165, 1.54) is 0 Å². The molecule has 11 heavy (non-hydrogen) atoms. The van der Waals surface area contributed by atoms with Crippen molar-refractivity contribution in [1.82, 2.24) is 20.6 Å². The van der Waals surface area contributed by atoms with Gasteiger partial charge in [0.15, 0.2) is 5.82 Å². The molecule has 0 saturated carbocycles. The number of hydrogen-bond donors (Lipinski definition) is 1. The molecule has 1 aromatic rings. The lowest BCUT2D eigenvalue weighted by Crippen LogP contribution is -2.07. The molecule has 0 fully saturated rings. The van der Waals surface area contributed by atoms with Crippen molar-refractivity contribution in [2.75, 3.05) is 0 Å². The molecule has 1 N–H and O–H groups in total. The highest BCUT2D eigenvalue weighted by molar-refractivity contribution is 7.99. The number of tetrazole rings is 1. The van der Waals surface area contributed by atoms with Crippen molar-refractivity contribution in [3.8, 4) is 0 Å². The molecule has 0 atom stereocenters. The third kappa shape index (κ3) is 3.36. The van der Waals surface area contributed by atoms with Crippen LogP contribution in [0.2, 0.25) is 0 Å². The minimum atomic E-state index is 0.265. The molecule has 0 bridgehead atoms. The van der Waals surface area contributed by atoms with Gasteiger partial charge >= 0.3 is 0 Å². The fourth-order valence-electron chi connectivity index (χ4n) is 0.525. The van der Waals surface area contributed by atoms with Gasteiger partial charge in [-0.2, -0.15) is 5.21 Å². The third-order valence-electron chi connectivity index (χ3n) is 1.02. The number of hydrogen-bond acceptors (Lipinski definition) is 4. The predicted octanol–water partition coefficient (Wildman–Crippen LogP) is 1.23. The summed E-state index contributed by atoms with van der Waals surface area (Å²) in [4.78, 5) is 0. The SMILES string of the molecule is CC(C)(C)SCc1nn[nH]n1. The van der Waals surface area contributed by atoms with Crippen LogP contribution in [0.15, 0.2) is 0 Å². The summed E-state index contributed by atoms with van der Waals surface area (Å²) in [7, 11) is 0. The van der Waals surface area contributed by atoms with Gasteiger partial charge in [0.2, 0.25) is 0 Å². The summed E-state index contributed by atoms with van der Waals surface area (Å²) >= 11 is 1.81. The van der Waals surface area contributed by atoms with E-state index in [-0.39, 0.29) is 4.75 Å². The van der Waals surface area contributed by atoms with E-state index >= 15 is 0 Å². The van der Waals surface area contributed by atoms with E-state index in [1.807, 2.05) is 0 Å². The Bertz CT molecular complexity index is 201. The zero-order valence-electron chi connectivity index (χ0n) is 6.96. The van der Waals surface area contributed by atoms with E-state index < -0.39 is 0 Å². The van der Waals surface area contributed by atoms with Crippen LogP contribution in [-0.4, -0.2) is 25.4 Å². The van der Waals surface area contributed by atoms with Crippen molar-refractivity contribution < 1.29 is 0 Å². The van der Waals surface area contributed by atoms with Gasteiger partial charge in [-0.25, -0.2) is 0 Å². The Kier molecular flexibility index (Phi) is 2.49. The van der Waals surface area contributed by atoms with E-state index in [9.17, 15) is 0 Å². The fraction of sp³-hybridized carbons (Fsp3) is 0.833. The predicted molar refractivity (Wildman–Crippen MR) is 45.2 cm³/mol. The Labute approximate surface area is 70.2 Å². The zero-order chi connectivity index (χ0) is 8.32. The van der Waals surface area contributed by atoms with E-state index in [2.05, 4.69) is 41.4 Å². The van der Waals surface area contributed by atoms with Gasteiger partial charge in [0.25, 0.3) is 0 Å². The zero-order valence-corrected chi connectivity index (χ0v) is 7.77. The van der Waals surface area contributed by atoms with Crippen LogP contribution < -0.4 is 0 Å². The summed E-state index contributed by atoms with van der Waals surface area (Å²) in [5.41, 5.74) is 0. The van der Waals surface area contributed by atoms with Gasteiger partial charge in [-0.3, -0.25) is 0 Å². The quantitative estimate of drug-likeness (QED) is 0.729. The summed E-state index contributed by atoms with van der Waals surface area (Å²) in [6.45, 7) is 6.49. The first-order valence-corrected chi connectivity index (χ1v) is 4.43. The summed E-state index contributed by atoms with van der Waals surface area (Å²) in [5.74, 6) is 1.59. The third-order valence-corrected chi connectivity index (χ3v) is 2.29. The Morgan fingerprint density at radius 3 is 2.64 bits per heavy atom. The van der Waals surface area contributed by atoms with Gasteiger partial charge in [0.05, 0.1) is 5.75 Å². The number of nitrogens with zero attached hydrogens (tertiary/aromatic N) is 3.